The van der Waals surface area contributed by atoms with Crippen LogP contribution in [0.1, 0.15) is 24.3 Å². The van der Waals surface area contributed by atoms with Gasteiger partial charge in [-0.1, -0.05) is 23.8 Å². The van der Waals surface area contributed by atoms with Gasteiger partial charge in [-0.3, -0.25) is 24.1 Å². The highest BCUT2D eigenvalue weighted by molar-refractivity contribution is 6.58. The summed E-state index contributed by atoms with van der Waals surface area (Å²) in [5, 5.41) is 11.0. The Morgan fingerprint density at radius 1 is 0.736 bits per heavy atom. The Kier molecular flexibility index (Phi) is 8.17. The van der Waals surface area contributed by atoms with Crippen LogP contribution in [0.2, 0.25) is 0 Å². The van der Waals surface area contributed by atoms with Crippen molar-refractivity contribution in [3.8, 4) is 5.75 Å². The Balaban J connectivity index is 1.25. The molecule has 0 spiro atoms. The number of para-hydroxylation sites is 1. The number of hydrogen-bond donors (Lipinski definition) is 1. The predicted octanol–water partition coefficient (Wildman–Crippen LogP) is 5.83. The van der Waals surface area contributed by atoms with E-state index in [1.807, 2.05) is 0 Å². The molecule has 1 saturated carbocycles. The normalized spacial score (nSPS) is 29.7. The Morgan fingerprint density at radius 2 is 1.34 bits per heavy atom. The molecule has 4 amide bonds. The van der Waals surface area contributed by atoms with E-state index in [0.717, 1.165) is 28.8 Å². The molecule has 276 valence electrons. The molecule has 53 heavy (non-hydrogen) atoms. The summed E-state index contributed by atoms with van der Waals surface area (Å²) in [6.07, 6.45) is 0.592. The number of aromatic hydroxyl groups is 1. The lowest BCUT2D eigenvalue weighted by Crippen LogP contribution is -2.60. The molecular weight excluding hydrogens is 755 g/mol. The van der Waals surface area contributed by atoms with Crippen LogP contribution >= 0.6 is 23.2 Å². The van der Waals surface area contributed by atoms with Crippen LogP contribution in [0.25, 0.3) is 0 Å². The lowest BCUT2D eigenvalue weighted by Gasteiger charge is -2.50. The predicted molar refractivity (Wildman–Crippen MR) is 176 cm³/mol. The number of hydrogen-bond acceptors (Lipinski definition) is 7. The third-order valence-electron chi connectivity index (χ3n) is 11.0. The molecule has 17 heteroatoms. The number of rotatable bonds is 4. The fourth-order valence-electron chi connectivity index (χ4n) is 8.57. The van der Waals surface area contributed by atoms with Gasteiger partial charge in [-0.05, 0) is 49.1 Å². The van der Waals surface area contributed by atoms with Crippen molar-refractivity contribution in [1.82, 2.24) is 0 Å². The van der Waals surface area contributed by atoms with E-state index in [2.05, 4.69) is 4.90 Å². The van der Waals surface area contributed by atoms with Gasteiger partial charge in [0.15, 0.2) is 44.6 Å². The van der Waals surface area contributed by atoms with E-state index in [0.29, 0.717) is 26.3 Å². The largest absolute Gasteiger partial charge is 0.505 e. The molecule has 3 heterocycles. The molecule has 2 aliphatic carbocycles. The Morgan fingerprint density at radius 3 is 1.98 bits per heavy atom. The lowest BCUT2D eigenvalue weighted by atomic mass is 9.56. The number of carbonyl (C=O) groups is 4. The number of benzene rings is 3. The standard InChI is InChI=1S/C36H25Cl2F6N3O6/c37-35-14-20-17(8-9-18-22(20)32(50)46(31(18)49)16-6-4-15(5-7-16)45-10-12-53-13-11-45)23(19-2-1-3-21(39)30(19)48)36(35,38)34(52)47(33(35)51)29-27(43)25(41)24(40)26(42)28(29)44/h1-8,18,20,22-23,48H,9-14H2/t18-,20+,22-,23+,35+,36-/m0/s1. The van der Waals surface area contributed by atoms with Crippen molar-refractivity contribution >= 4 is 63.9 Å². The van der Waals surface area contributed by atoms with Crippen LogP contribution in [0, 0.1) is 52.7 Å². The van der Waals surface area contributed by atoms with Crippen molar-refractivity contribution in [3.05, 3.63) is 94.6 Å². The molecule has 3 aromatic carbocycles. The molecule has 3 saturated heterocycles. The highest BCUT2D eigenvalue weighted by Gasteiger charge is 2.77. The molecule has 0 unspecified atom stereocenters. The number of phenols is 1. The lowest BCUT2D eigenvalue weighted by molar-refractivity contribution is -0.125. The topological polar surface area (TPSA) is 107 Å². The van der Waals surface area contributed by atoms with Gasteiger partial charge in [0.1, 0.15) is 5.69 Å². The van der Waals surface area contributed by atoms with Crippen molar-refractivity contribution in [2.45, 2.75) is 28.5 Å². The minimum Gasteiger partial charge on any atom is -0.505 e. The summed E-state index contributed by atoms with van der Waals surface area (Å²) >= 11 is 14.1. The van der Waals surface area contributed by atoms with Gasteiger partial charge in [-0.2, -0.15) is 0 Å². The van der Waals surface area contributed by atoms with Gasteiger partial charge in [0.2, 0.25) is 17.6 Å². The van der Waals surface area contributed by atoms with E-state index in [1.54, 1.807) is 24.3 Å². The molecule has 0 radical (unpaired) electrons. The molecule has 6 atom stereocenters. The summed E-state index contributed by atoms with van der Waals surface area (Å²) in [7, 11) is 0. The monoisotopic (exact) mass is 779 g/mol. The maximum atomic E-state index is 15.2. The number of nitrogens with zero attached hydrogens (tertiary/aromatic N) is 3. The number of allylic oxidation sites excluding steroid dienone is 2. The first-order valence-electron chi connectivity index (χ1n) is 16.4. The molecule has 0 bridgehead atoms. The van der Waals surface area contributed by atoms with E-state index in [4.69, 9.17) is 27.9 Å². The van der Waals surface area contributed by atoms with E-state index in [1.165, 1.54) is 6.08 Å². The molecule has 8 rings (SSSR count). The van der Waals surface area contributed by atoms with Crippen LogP contribution in [0.4, 0.5) is 43.4 Å². The number of amides is 4. The van der Waals surface area contributed by atoms with Gasteiger partial charge in [0, 0.05) is 30.3 Å². The number of phenolic OH excluding ortho intramolecular Hbond substituents is 1. The van der Waals surface area contributed by atoms with Crippen LogP contribution in [0.15, 0.2) is 54.1 Å². The number of carbonyl (C=O) groups excluding carboxylic acids is 4. The number of halogens is 8. The highest BCUT2D eigenvalue weighted by Crippen LogP contribution is 2.67. The Hall–Kier alpha value is -4.60. The summed E-state index contributed by atoms with van der Waals surface area (Å²) in [6, 6.07) is 9.80. The number of ether oxygens (including phenoxy) is 1. The highest BCUT2D eigenvalue weighted by atomic mass is 35.5. The summed E-state index contributed by atoms with van der Waals surface area (Å²) in [5.41, 5.74) is -1.23. The SMILES string of the molecule is O=C1[C@H]2[C@H](CC=C3[C@H]2C[C@@]2(Cl)C(=O)N(c4c(F)c(F)c(F)c(F)c4F)C(=O)[C@@]2(Cl)[C@H]3c2cccc(F)c2O)C(=O)N1c1ccc(N2CCOCC2)cc1. The quantitative estimate of drug-likeness (QED) is 0.0888. The van der Waals surface area contributed by atoms with Gasteiger partial charge in [-0.15, -0.1) is 23.2 Å². The average molecular weight is 781 g/mol. The Labute approximate surface area is 306 Å². The van der Waals surface area contributed by atoms with Crippen LogP contribution < -0.4 is 14.7 Å². The first kappa shape index (κ1) is 35.4. The first-order chi connectivity index (χ1) is 25.1. The van der Waals surface area contributed by atoms with Crippen LogP contribution in [0.3, 0.4) is 0 Å². The van der Waals surface area contributed by atoms with Crippen LogP contribution in [-0.4, -0.2) is 64.8 Å². The summed E-state index contributed by atoms with van der Waals surface area (Å²) < 4.78 is 93.7. The smallest absolute Gasteiger partial charge is 0.258 e. The molecule has 4 fully saturated rings. The van der Waals surface area contributed by atoms with Crippen molar-refractivity contribution < 1.29 is 55.4 Å². The second kappa shape index (κ2) is 12.2. The van der Waals surface area contributed by atoms with Gasteiger partial charge in [0.25, 0.3) is 11.8 Å². The number of fused-ring (bicyclic) bond motifs is 4. The molecule has 3 aliphatic heterocycles. The van der Waals surface area contributed by atoms with E-state index in [-0.39, 0.29) is 22.6 Å². The fourth-order valence-corrected chi connectivity index (χ4v) is 9.49. The maximum Gasteiger partial charge on any atom is 0.258 e. The van der Waals surface area contributed by atoms with Crippen molar-refractivity contribution in [3.63, 3.8) is 0 Å². The van der Waals surface area contributed by atoms with Crippen molar-refractivity contribution in [1.29, 1.82) is 0 Å². The molecule has 0 aromatic heterocycles. The van der Waals surface area contributed by atoms with E-state index >= 15 is 8.78 Å². The molecule has 1 N–H and O–H groups in total. The van der Waals surface area contributed by atoms with Gasteiger partial charge < -0.3 is 14.7 Å². The maximum absolute atomic E-state index is 15.2. The molecule has 3 aromatic rings. The average Bonchev–Trinajstić information content (AvgIpc) is 3.49. The second-order valence-corrected chi connectivity index (χ2v) is 14.7. The molecule has 5 aliphatic rings. The van der Waals surface area contributed by atoms with Crippen molar-refractivity contribution in [2.24, 2.45) is 17.8 Å². The second-order valence-electron chi connectivity index (χ2n) is 13.5. The van der Waals surface area contributed by atoms with E-state index < -0.39 is 115 Å². The zero-order valence-corrected chi connectivity index (χ0v) is 28.5. The van der Waals surface area contributed by atoms with Gasteiger partial charge >= 0.3 is 0 Å². The van der Waals surface area contributed by atoms with Crippen molar-refractivity contribution in [2.75, 3.05) is 41.0 Å². The Bertz CT molecular complexity index is 2160. The fraction of sp³-hybridized carbons (Fsp3) is 0.333. The molecular formula is C36H25Cl2F6N3O6. The van der Waals surface area contributed by atoms with Gasteiger partial charge in [0.05, 0.1) is 30.7 Å². The third-order valence-corrected chi connectivity index (χ3v) is 12.4. The zero-order chi connectivity index (χ0) is 37.9. The number of anilines is 3. The first-order valence-corrected chi connectivity index (χ1v) is 17.2. The van der Waals surface area contributed by atoms with Crippen LogP contribution in [-0.2, 0) is 23.9 Å². The summed E-state index contributed by atoms with van der Waals surface area (Å²) in [6.45, 7) is 2.32. The number of alkyl halides is 2. The summed E-state index contributed by atoms with van der Waals surface area (Å²) in [4.78, 5) is 53.9. The number of imide groups is 2. The van der Waals surface area contributed by atoms with Gasteiger partial charge in [-0.25, -0.2) is 31.2 Å². The molecule has 9 nitrogen and oxygen atoms in total. The van der Waals surface area contributed by atoms with E-state index in [9.17, 15) is 41.8 Å². The third kappa shape index (κ3) is 4.69. The minimum atomic E-state index is -2.90. The zero-order valence-electron chi connectivity index (χ0n) is 27.0. The summed E-state index contributed by atoms with van der Waals surface area (Å²) in [5.74, 6) is -24.9. The van der Waals surface area contributed by atoms with Crippen LogP contribution in [0.5, 0.6) is 5.75 Å². The minimum absolute atomic E-state index is 0.0736. The number of morpholine rings is 1.